The van der Waals surface area contributed by atoms with E-state index >= 15 is 0 Å². The lowest BCUT2D eigenvalue weighted by atomic mass is 10.0. The number of aryl methyl sites for hydroxylation is 2. The normalized spacial score (nSPS) is 12.7. The Hall–Kier alpha value is -2.29. The van der Waals surface area contributed by atoms with Gasteiger partial charge >= 0.3 is 0 Å². The fourth-order valence-electron chi connectivity index (χ4n) is 4.32. The summed E-state index contributed by atoms with van der Waals surface area (Å²) in [5.41, 5.74) is 2.53. The molecule has 0 spiro atoms. The van der Waals surface area contributed by atoms with Crippen molar-refractivity contribution in [2.24, 2.45) is 0 Å². The molecular weight excluding hydrogens is 545 g/mol. The van der Waals surface area contributed by atoms with Crippen LogP contribution in [0.1, 0.15) is 63.6 Å². The van der Waals surface area contributed by atoms with Gasteiger partial charge in [0, 0.05) is 40.7 Å². The van der Waals surface area contributed by atoms with Crippen molar-refractivity contribution in [2.45, 2.75) is 78.9 Å². The summed E-state index contributed by atoms with van der Waals surface area (Å²) in [5, 5.41) is 3.76. The number of anilines is 1. The van der Waals surface area contributed by atoms with E-state index in [1.165, 1.54) is 9.21 Å². The lowest BCUT2D eigenvalue weighted by Gasteiger charge is -2.33. The first-order valence-corrected chi connectivity index (χ1v) is 15.2. The van der Waals surface area contributed by atoms with Crippen LogP contribution in [0.2, 0.25) is 10.0 Å². The van der Waals surface area contributed by atoms with Crippen LogP contribution >= 0.6 is 23.2 Å². The first-order valence-electron chi connectivity index (χ1n) is 12.6. The highest BCUT2D eigenvalue weighted by molar-refractivity contribution is 7.92. The quantitative estimate of drug-likeness (QED) is 0.358. The van der Waals surface area contributed by atoms with Crippen molar-refractivity contribution in [3.05, 3.63) is 63.1 Å². The Labute approximate surface area is 237 Å². The van der Waals surface area contributed by atoms with E-state index in [2.05, 4.69) is 5.32 Å². The molecule has 0 heterocycles. The molecule has 0 aromatic heterocycles. The number of amides is 2. The van der Waals surface area contributed by atoms with Gasteiger partial charge in [-0.2, -0.15) is 0 Å². The van der Waals surface area contributed by atoms with Gasteiger partial charge in [0.05, 0.1) is 11.9 Å². The van der Waals surface area contributed by atoms with Gasteiger partial charge in [-0.15, -0.1) is 0 Å². The zero-order valence-electron chi connectivity index (χ0n) is 23.3. The smallest absolute Gasteiger partial charge is 0.243 e. The number of benzene rings is 2. The van der Waals surface area contributed by atoms with Gasteiger partial charge in [-0.05, 0) is 82.9 Å². The number of sulfonamides is 1. The molecule has 0 aliphatic rings. The monoisotopic (exact) mass is 583 g/mol. The minimum absolute atomic E-state index is 0.0399. The Morgan fingerprint density at radius 1 is 1.03 bits per heavy atom. The zero-order chi connectivity index (χ0) is 28.8. The maximum Gasteiger partial charge on any atom is 0.243 e. The number of carbonyl (C=O) groups is 2. The third-order valence-electron chi connectivity index (χ3n) is 5.92. The van der Waals surface area contributed by atoms with Crippen molar-refractivity contribution in [2.75, 3.05) is 17.1 Å². The van der Waals surface area contributed by atoms with E-state index < -0.39 is 21.6 Å². The number of rotatable bonds is 11. The van der Waals surface area contributed by atoms with Crippen LogP contribution in [0.5, 0.6) is 0 Å². The molecule has 1 atom stereocenters. The highest BCUT2D eigenvalue weighted by Gasteiger charge is 2.31. The van der Waals surface area contributed by atoms with Gasteiger partial charge in [0.15, 0.2) is 0 Å². The lowest BCUT2D eigenvalue weighted by Crippen LogP contribution is -2.53. The average Bonchev–Trinajstić information content (AvgIpc) is 2.75. The minimum Gasteiger partial charge on any atom is -0.350 e. The summed E-state index contributed by atoms with van der Waals surface area (Å²) in [6.07, 6.45) is 1.84. The number of halogens is 2. The lowest BCUT2D eigenvalue weighted by molar-refractivity contribution is -0.142. The second kappa shape index (κ2) is 13.2. The Kier molecular flexibility index (Phi) is 11.1. The van der Waals surface area contributed by atoms with E-state index in [0.717, 1.165) is 17.4 Å². The Morgan fingerprint density at radius 2 is 1.58 bits per heavy atom. The summed E-state index contributed by atoms with van der Waals surface area (Å²) in [6, 6.07) is 9.94. The van der Waals surface area contributed by atoms with Crippen LogP contribution in [-0.4, -0.2) is 49.5 Å². The number of hydrogen-bond acceptors (Lipinski definition) is 4. The van der Waals surface area contributed by atoms with Crippen LogP contribution in [-0.2, 0) is 26.2 Å². The van der Waals surface area contributed by atoms with Crippen LogP contribution < -0.4 is 9.62 Å². The van der Waals surface area contributed by atoms with Crippen LogP contribution in [0, 0.1) is 13.8 Å². The van der Waals surface area contributed by atoms with Gasteiger partial charge in [-0.25, -0.2) is 8.42 Å². The summed E-state index contributed by atoms with van der Waals surface area (Å²) in [7, 11) is -3.57. The third-order valence-corrected chi connectivity index (χ3v) is 7.82. The summed E-state index contributed by atoms with van der Waals surface area (Å²) in [5.74, 6) is -0.560. The first kappa shape index (κ1) is 31.9. The Balaban J connectivity index is 2.32. The number of hydrogen-bond donors (Lipinski definition) is 1. The Bertz CT molecular complexity index is 1220. The van der Waals surface area contributed by atoms with Gasteiger partial charge in [0.1, 0.15) is 6.04 Å². The molecule has 0 fully saturated rings. The molecule has 0 radical (unpaired) electrons. The predicted octanol–water partition coefficient (Wildman–Crippen LogP) is 5.88. The van der Waals surface area contributed by atoms with Gasteiger partial charge in [0.2, 0.25) is 21.8 Å². The number of carbonyl (C=O) groups excluding carboxylic acids is 2. The molecule has 10 heteroatoms. The largest absolute Gasteiger partial charge is 0.350 e. The molecule has 210 valence electrons. The fraction of sp³-hybridized carbons (Fsp3) is 0.500. The molecule has 0 saturated heterocycles. The average molecular weight is 585 g/mol. The van der Waals surface area contributed by atoms with Crippen molar-refractivity contribution in [3.63, 3.8) is 0 Å². The van der Waals surface area contributed by atoms with E-state index in [9.17, 15) is 18.0 Å². The maximum atomic E-state index is 13.6. The number of nitrogens with one attached hydrogen (secondary N) is 1. The van der Waals surface area contributed by atoms with Crippen LogP contribution in [0.3, 0.4) is 0 Å². The third kappa shape index (κ3) is 9.17. The highest BCUT2D eigenvalue weighted by Crippen LogP contribution is 2.28. The summed E-state index contributed by atoms with van der Waals surface area (Å²) in [4.78, 5) is 28.3. The van der Waals surface area contributed by atoms with E-state index in [1.807, 2.05) is 59.7 Å². The molecule has 2 rings (SSSR count). The van der Waals surface area contributed by atoms with Crippen molar-refractivity contribution in [1.29, 1.82) is 0 Å². The van der Waals surface area contributed by atoms with Crippen molar-refractivity contribution in [1.82, 2.24) is 10.2 Å². The summed E-state index contributed by atoms with van der Waals surface area (Å²) < 4.78 is 26.5. The van der Waals surface area contributed by atoms with Crippen molar-refractivity contribution < 1.29 is 18.0 Å². The second-order valence-electron chi connectivity index (χ2n) is 10.7. The van der Waals surface area contributed by atoms with E-state index in [-0.39, 0.29) is 37.7 Å². The van der Waals surface area contributed by atoms with Gasteiger partial charge in [-0.1, -0.05) is 42.3 Å². The van der Waals surface area contributed by atoms with Crippen LogP contribution in [0.25, 0.3) is 0 Å². The molecule has 38 heavy (non-hydrogen) atoms. The highest BCUT2D eigenvalue weighted by atomic mass is 35.5. The standard InChI is InChI=1S/C28H39Cl2N3O4S/c1-8-25(27(35)31-28(4,5)6)32(18-22-23(29)11-9-12-24(22)30)26(34)13-10-14-33(38(7,36)37)21-16-19(2)15-20(3)17-21/h9,11-12,15-17,25H,8,10,13-14,18H2,1-7H3,(H,31,35)/t25-/m1/s1. The zero-order valence-corrected chi connectivity index (χ0v) is 25.6. The molecular formula is C28H39Cl2N3O4S. The van der Waals surface area contributed by atoms with Crippen LogP contribution in [0.4, 0.5) is 5.69 Å². The molecule has 2 amide bonds. The van der Waals surface area contributed by atoms with Gasteiger partial charge < -0.3 is 10.2 Å². The Morgan fingerprint density at radius 3 is 2.05 bits per heavy atom. The molecule has 0 saturated carbocycles. The van der Waals surface area contributed by atoms with Gasteiger partial charge in [0.25, 0.3) is 0 Å². The van der Waals surface area contributed by atoms with E-state index in [0.29, 0.717) is 27.7 Å². The first-order chi connectivity index (χ1) is 17.5. The molecule has 1 N–H and O–H groups in total. The molecule has 2 aromatic carbocycles. The topological polar surface area (TPSA) is 86.8 Å². The van der Waals surface area contributed by atoms with Crippen molar-refractivity contribution in [3.8, 4) is 0 Å². The predicted molar refractivity (Wildman–Crippen MR) is 156 cm³/mol. The summed E-state index contributed by atoms with van der Waals surface area (Å²) >= 11 is 12.8. The second-order valence-corrected chi connectivity index (χ2v) is 13.4. The number of nitrogens with zero attached hydrogens (tertiary/aromatic N) is 2. The molecule has 0 aliphatic heterocycles. The summed E-state index contributed by atoms with van der Waals surface area (Å²) in [6.45, 7) is 11.5. The molecule has 7 nitrogen and oxygen atoms in total. The molecule has 0 unspecified atom stereocenters. The minimum atomic E-state index is -3.57. The van der Waals surface area contributed by atoms with Gasteiger partial charge in [-0.3, -0.25) is 13.9 Å². The van der Waals surface area contributed by atoms with Crippen LogP contribution in [0.15, 0.2) is 36.4 Å². The van der Waals surface area contributed by atoms with Crippen molar-refractivity contribution >= 4 is 50.7 Å². The fourth-order valence-corrected chi connectivity index (χ4v) is 5.79. The van der Waals surface area contributed by atoms with E-state index in [1.54, 1.807) is 18.2 Å². The molecule has 0 bridgehead atoms. The SMILES string of the molecule is CC[C@H](C(=O)NC(C)(C)C)N(Cc1c(Cl)cccc1Cl)C(=O)CCCN(c1cc(C)cc(C)c1)S(C)(=O)=O. The molecule has 2 aromatic rings. The molecule has 0 aliphatic carbocycles. The maximum absolute atomic E-state index is 13.6. The van der Waals surface area contributed by atoms with E-state index in [4.69, 9.17) is 23.2 Å².